The van der Waals surface area contributed by atoms with E-state index in [9.17, 15) is 9.90 Å². The monoisotopic (exact) mass is 346 g/mol. The van der Waals surface area contributed by atoms with Gasteiger partial charge in [0.15, 0.2) is 0 Å². The van der Waals surface area contributed by atoms with Crippen LogP contribution in [0, 0.1) is 0 Å². The first-order valence-corrected chi connectivity index (χ1v) is 8.66. The van der Waals surface area contributed by atoms with Crippen LogP contribution < -0.4 is 10.6 Å². The predicted molar refractivity (Wildman–Crippen MR) is 106 cm³/mol. The zero-order valence-electron chi connectivity index (χ0n) is 14.7. The maximum atomic E-state index is 13.2. The SMILES string of the molecule is CCCc1ccc(C(=O)N(c2ccc(N)cc2)c2ccc(O)cc2)cc1. The highest BCUT2D eigenvalue weighted by atomic mass is 16.3. The Labute approximate surface area is 153 Å². The lowest BCUT2D eigenvalue weighted by Crippen LogP contribution is -2.25. The highest BCUT2D eigenvalue weighted by molar-refractivity contribution is 6.11. The van der Waals surface area contributed by atoms with E-state index < -0.39 is 0 Å². The highest BCUT2D eigenvalue weighted by Crippen LogP contribution is 2.29. The van der Waals surface area contributed by atoms with Crippen LogP contribution in [0.25, 0.3) is 0 Å². The Kier molecular flexibility index (Phi) is 5.23. The summed E-state index contributed by atoms with van der Waals surface area (Å²) in [5.74, 6) is 0.0193. The van der Waals surface area contributed by atoms with Crippen molar-refractivity contribution in [3.63, 3.8) is 0 Å². The van der Waals surface area contributed by atoms with E-state index in [0.29, 0.717) is 22.6 Å². The Morgan fingerprint density at radius 3 is 1.96 bits per heavy atom. The molecule has 3 N–H and O–H groups in total. The summed E-state index contributed by atoms with van der Waals surface area (Å²) in [4.78, 5) is 14.8. The van der Waals surface area contributed by atoms with Gasteiger partial charge in [0.25, 0.3) is 5.91 Å². The number of carbonyl (C=O) groups excluding carboxylic acids is 1. The van der Waals surface area contributed by atoms with E-state index >= 15 is 0 Å². The van der Waals surface area contributed by atoms with E-state index in [4.69, 9.17) is 5.73 Å². The summed E-state index contributed by atoms with van der Waals surface area (Å²) < 4.78 is 0. The Morgan fingerprint density at radius 2 is 1.42 bits per heavy atom. The molecule has 4 nitrogen and oxygen atoms in total. The maximum Gasteiger partial charge on any atom is 0.262 e. The molecule has 0 aliphatic carbocycles. The molecule has 132 valence electrons. The van der Waals surface area contributed by atoms with E-state index in [0.717, 1.165) is 12.8 Å². The van der Waals surface area contributed by atoms with E-state index in [1.165, 1.54) is 5.56 Å². The average Bonchev–Trinajstić information content (AvgIpc) is 2.66. The number of benzene rings is 3. The summed E-state index contributed by atoms with van der Waals surface area (Å²) >= 11 is 0. The molecule has 26 heavy (non-hydrogen) atoms. The van der Waals surface area contributed by atoms with Crippen molar-refractivity contribution in [1.29, 1.82) is 0 Å². The lowest BCUT2D eigenvalue weighted by molar-refractivity contribution is 0.0999. The van der Waals surface area contributed by atoms with E-state index in [1.807, 2.05) is 36.4 Å². The molecule has 3 aromatic carbocycles. The summed E-state index contributed by atoms with van der Waals surface area (Å²) in [7, 11) is 0. The summed E-state index contributed by atoms with van der Waals surface area (Å²) in [5, 5.41) is 9.56. The zero-order valence-corrected chi connectivity index (χ0v) is 14.7. The third-order valence-electron chi connectivity index (χ3n) is 4.20. The number of aromatic hydroxyl groups is 1. The van der Waals surface area contributed by atoms with Gasteiger partial charge in [0.2, 0.25) is 0 Å². The molecule has 0 heterocycles. The van der Waals surface area contributed by atoms with Gasteiger partial charge in [-0.25, -0.2) is 0 Å². The van der Waals surface area contributed by atoms with Crippen molar-refractivity contribution >= 4 is 23.0 Å². The molecule has 0 bridgehead atoms. The van der Waals surface area contributed by atoms with Gasteiger partial charge >= 0.3 is 0 Å². The van der Waals surface area contributed by atoms with Crippen molar-refractivity contribution in [3.8, 4) is 5.75 Å². The van der Waals surface area contributed by atoms with Crippen LogP contribution in [0.5, 0.6) is 5.75 Å². The molecule has 3 rings (SSSR count). The summed E-state index contributed by atoms with van der Waals surface area (Å²) in [6, 6.07) is 21.4. The quantitative estimate of drug-likeness (QED) is 0.645. The predicted octanol–water partition coefficient (Wildman–Crippen LogP) is 4.91. The largest absolute Gasteiger partial charge is 0.508 e. The average molecular weight is 346 g/mol. The molecule has 3 aromatic rings. The van der Waals surface area contributed by atoms with Crippen molar-refractivity contribution in [3.05, 3.63) is 83.9 Å². The second-order valence-electron chi connectivity index (χ2n) is 6.20. The smallest absolute Gasteiger partial charge is 0.262 e. The number of phenolic OH excluding ortho intramolecular Hbond substituents is 1. The molecule has 4 heteroatoms. The lowest BCUT2D eigenvalue weighted by atomic mass is 10.1. The normalized spacial score (nSPS) is 10.5. The van der Waals surface area contributed by atoms with Crippen molar-refractivity contribution in [2.24, 2.45) is 0 Å². The fourth-order valence-corrected chi connectivity index (χ4v) is 2.84. The molecule has 0 saturated heterocycles. The van der Waals surface area contributed by atoms with Crippen molar-refractivity contribution in [2.45, 2.75) is 19.8 Å². The van der Waals surface area contributed by atoms with E-state index in [2.05, 4.69) is 6.92 Å². The number of rotatable bonds is 5. The molecule has 0 aromatic heterocycles. The molecule has 0 spiro atoms. The lowest BCUT2D eigenvalue weighted by Gasteiger charge is -2.23. The van der Waals surface area contributed by atoms with Gasteiger partial charge in [-0.15, -0.1) is 0 Å². The van der Waals surface area contributed by atoms with Crippen LogP contribution in [0.4, 0.5) is 17.1 Å². The van der Waals surface area contributed by atoms with Crippen LogP contribution in [0.2, 0.25) is 0 Å². The topological polar surface area (TPSA) is 66.6 Å². The van der Waals surface area contributed by atoms with Crippen molar-refractivity contribution < 1.29 is 9.90 Å². The number of hydrogen-bond acceptors (Lipinski definition) is 3. The van der Waals surface area contributed by atoms with Crippen molar-refractivity contribution in [1.82, 2.24) is 0 Å². The molecule has 0 aliphatic rings. The second kappa shape index (κ2) is 7.74. The number of carbonyl (C=O) groups is 1. The van der Waals surface area contributed by atoms with E-state index in [-0.39, 0.29) is 11.7 Å². The Morgan fingerprint density at radius 1 is 0.885 bits per heavy atom. The van der Waals surface area contributed by atoms with Gasteiger partial charge < -0.3 is 10.8 Å². The first-order chi connectivity index (χ1) is 12.6. The zero-order chi connectivity index (χ0) is 18.5. The van der Waals surface area contributed by atoms with Gasteiger partial charge in [0.05, 0.1) is 0 Å². The Bertz CT molecular complexity index is 824. The molecule has 0 radical (unpaired) electrons. The van der Waals surface area contributed by atoms with Crippen LogP contribution in [0.3, 0.4) is 0 Å². The third-order valence-corrected chi connectivity index (χ3v) is 4.20. The molecule has 0 saturated carbocycles. The fraction of sp³-hybridized carbons (Fsp3) is 0.136. The molecule has 1 amide bonds. The highest BCUT2D eigenvalue weighted by Gasteiger charge is 2.20. The van der Waals surface area contributed by atoms with Gasteiger partial charge in [-0.1, -0.05) is 25.5 Å². The number of anilines is 3. The van der Waals surface area contributed by atoms with Crippen molar-refractivity contribution in [2.75, 3.05) is 10.6 Å². The molecule has 0 unspecified atom stereocenters. The summed E-state index contributed by atoms with van der Waals surface area (Å²) in [5.41, 5.74) is 9.63. The minimum absolute atomic E-state index is 0.136. The van der Waals surface area contributed by atoms with Gasteiger partial charge in [-0.05, 0) is 72.6 Å². The Hall–Kier alpha value is -3.27. The standard InChI is InChI=1S/C22H22N2O2/c1-2-3-16-4-6-17(7-5-16)22(26)24(19-10-8-18(23)9-11-19)20-12-14-21(25)15-13-20/h4-15,25H,2-3,23H2,1H3. The van der Waals surface area contributed by atoms with Gasteiger partial charge in [0, 0.05) is 22.6 Å². The van der Waals surface area contributed by atoms with Gasteiger partial charge in [-0.3, -0.25) is 9.69 Å². The minimum atomic E-state index is -0.136. The fourth-order valence-electron chi connectivity index (χ4n) is 2.84. The van der Waals surface area contributed by atoms with Gasteiger partial charge in [-0.2, -0.15) is 0 Å². The number of hydrogen-bond donors (Lipinski definition) is 2. The summed E-state index contributed by atoms with van der Waals surface area (Å²) in [6.07, 6.45) is 2.06. The number of nitrogens with two attached hydrogens (primary N) is 1. The maximum absolute atomic E-state index is 13.2. The number of nitrogens with zero attached hydrogens (tertiary/aromatic N) is 1. The molecular formula is C22H22N2O2. The van der Waals surface area contributed by atoms with Crippen LogP contribution in [-0.2, 0) is 6.42 Å². The second-order valence-corrected chi connectivity index (χ2v) is 6.20. The van der Waals surface area contributed by atoms with Crippen LogP contribution in [0.1, 0.15) is 29.3 Å². The number of amides is 1. The first-order valence-electron chi connectivity index (χ1n) is 8.66. The third kappa shape index (κ3) is 3.86. The molecular weight excluding hydrogens is 324 g/mol. The van der Waals surface area contributed by atoms with Crippen LogP contribution in [0.15, 0.2) is 72.8 Å². The Balaban J connectivity index is 2.00. The number of phenols is 1. The minimum Gasteiger partial charge on any atom is -0.508 e. The van der Waals surface area contributed by atoms with Crippen LogP contribution in [-0.4, -0.2) is 11.0 Å². The van der Waals surface area contributed by atoms with Crippen LogP contribution >= 0.6 is 0 Å². The molecule has 0 fully saturated rings. The number of aryl methyl sites for hydroxylation is 1. The molecule has 0 aliphatic heterocycles. The number of nitrogen functional groups attached to an aromatic ring is 1. The first kappa shape index (κ1) is 17.5. The molecule has 0 atom stereocenters. The van der Waals surface area contributed by atoms with Gasteiger partial charge in [0.1, 0.15) is 5.75 Å². The van der Waals surface area contributed by atoms with E-state index in [1.54, 1.807) is 41.3 Å². The summed E-state index contributed by atoms with van der Waals surface area (Å²) in [6.45, 7) is 2.13.